The van der Waals surface area contributed by atoms with Gasteiger partial charge in [-0.15, -0.1) is 0 Å². The molecule has 176 valence electrons. The molecule has 0 bridgehead atoms. The zero-order chi connectivity index (χ0) is 24.5. The van der Waals surface area contributed by atoms with Crippen LogP contribution in [0.1, 0.15) is 24.4 Å². The molecule has 1 unspecified atom stereocenters. The number of amides is 2. The molecule has 1 aliphatic rings. The summed E-state index contributed by atoms with van der Waals surface area (Å²) in [5.74, 6) is 0.127. The molecule has 1 atom stereocenters. The molecular weight excluding hydrogens is 454 g/mol. The van der Waals surface area contributed by atoms with Gasteiger partial charge in [-0.25, -0.2) is 13.6 Å². The topological polar surface area (TPSA) is 80.5 Å². The summed E-state index contributed by atoms with van der Waals surface area (Å²) in [5, 5.41) is 7.01. The number of hydrogen-bond acceptors (Lipinski definition) is 5. The Bertz CT molecular complexity index is 1430. The molecule has 1 aromatic heterocycles. The Morgan fingerprint density at radius 1 is 1.00 bits per heavy atom. The third-order valence-electron chi connectivity index (χ3n) is 5.74. The Hall–Kier alpha value is -4.53. The lowest BCUT2D eigenvalue weighted by Crippen LogP contribution is -2.46. The van der Waals surface area contributed by atoms with Crippen LogP contribution in [-0.4, -0.2) is 23.3 Å². The van der Waals surface area contributed by atoms with Gasteiger partial charge in [-0.05, 0) is 61.0 Å². The van der Waals surface area contributed by atoms with Gasteiger partial charge in [0, 0.05) is 11.3 Å². The first kappa shape index (κ1) is 22.3. The van der Waals surface area contributed by atoms with E-state index in [2.05, 4.69) is 15.5 Å². The third-order valence-corrected chi connectivity index (χ3v) is 5.74. The first-order chi connectivity index (χ1) is 16.9. The second-order valence-electron chi connectivity index (χ2n) is 7.90. The average Bonchev–Trinajstić information content (AvgIpc) is 3.35. The SMILES string of the molecule is COc1cccc(C2NC(=O)N(c3ccc(F)cc3)C(C)=C2c2nc(-c3cccc(F)c3)no2)c1. The fraction of sp³-hybridized carbons (Fsp3) is 0.115. The number of aromatic nitrogens is 2. The number of hydrogen-bond donors (Lipinski definition) is 1. The zero-order valence-corrected chi connectivity index (χ0v) is 18.8. The van der Waals surface area contributed by atoms with Gasteiger partial charge in [0.1, 0.15) is 17.4 Å². The summed E-state index contributed by atoms with van der Waals surface area (Å²) < 4.78 is 38.2. The molecule has 35 heavy (non-hydrogen) atoms. The molecule has 5 rings (SSSR count). The van der Waals surface area contributed by atoms with Crippen molar-refractivity contribution in [3.63, 3.8) is 0 Å². The molecule has 2 amide bonds. The van der Waals surface area contributed by atoms with Gasteiger partial charge in [-0.3, -0.25) is 4.90 Å². The van der Waals surface area contributed by atoms with E-state index in [9.17, 15) is 13.6 Å². The van der Waals surface area contributed by atoms with Gasteiger partial charge in [0.05, 0.1) is 24.4 Å². The number of anilines is 1. The number of benzene rings is 3. The van der Waals surface area contributed by atoms with Gasteiger partial charge >= 0.3 is 6.03 Å². The third kappa shape index (κ3) is 4.23. The maximum absolute atomic E-state index is 13.8. The second kappa shape index (κ2) is 9.02. The van der Waals surface area contributed by atoms with E-state index in [0.717, 1.165) is 5.56 Å². The Kier molecular flexibility index (Phi) is 5.74. The van der Waals surface area contributed by atoms with E-state index < -0.39 is 23.7 Å². The quantitative estimate of drug-likeness (QED) is 0.400. The minimum absolute atomic E-state index is 0.154. The van der Waals surface area contributed by atoms with Crippen molar-refractivity contribution in [3.8, 4) is 17.1 Å². The van der Waals surface area contributed by atoms with Crippen LogP contribution in [0.4, 0.5) is 19.3 Å². The summed E-state index contributed by atoms with van der Waals surface area (Å²) in [4.78, 5) is 19.1. The summed E-state index contributed by atoms with van der Waals surface area (Å²) in [6.07, 6.45) is 0. The van der Waals surface area contributed by atoms with Crippen LogP contribution in [0.3, 0.4) is 0 Å². The predicted octanol–water partition coefficient (Wildman–Crippen LogP) is 5.73. The molecule has 2 heterocycles. The van der Waals surface area contributed by atoms with Crippen molar-refractivity contribution in [2.24, 2.45) is 0 Å². The van der Waals surface area contributed by atoms with Crippen LogP contribution in [-0.2, 0) is 0 Å². The fourth-order valence-corrected chi connectivity index (χ4v) is 4.07. The molecule has 3 aromatic carbocycles. The fourth-order valence-electron chi connectivity index (χ4n) is 4.07. The van der Waals surface area contributed by atoms with E-state index in [-0.39, 0.29) is 11.7 Å². The minimum atomic E-state index is -0.643. The van der Waals surface area contributed by atoms with Crippen LogP contribution in [0.5, 0.6) is 5.75 Å². The van der Waals surface area contributed by atoms with E-state index in [1.165, 1.54) is 41.3 Å². The summed E-state index contributed by atoms with van der Waals surface area (Å²) in [6, 6.07) is 17.6. The highest BCUT2D eigenvalue weighted by molar-refractivity contribution is 6.01. The molecular formula is C26H20F2N4O3. The van der Waals surface area contributed by atoms with Crippen LogP contribution >= 0.6 is 0 Å². The van der Waals surface area contributed by atoms with Gasteiger partial charge in [-0.2, -0.15) is 4.98 Å². The lowest BCUT2D eigenvalue weighted by Gasteiger charge is -2.35. The molecule has 0 fully saturated rings. The van der Waals surface area contributed by atoms with Crippen LogP contribution in [0.25, 0.3) is 17.0 Å². The van der Waals surface area contributed by atoms with Gasteiger partial charge in [0.2, 0.25) is 5.82 Å². The van der Waals surface area contributed by atoms with Crippen molar-refractivity contribution < 1.29 is 22.8 Å². The van der Waals surface area contributed by atoms with Crippen molar-refractivity contribution in [1.82, 2.24) is 15.5 Å². The second-order valence-corrected chi connectivity index (χ2v) is 7.90. The molecule has 1 aliphatic heterocycles. The van der Waals surface area contributed by atoms with Crippen LogP contribution in [0.2, 0.25) is 0 Å². The highest BCUT2D eigenvalue weighted by Gasteiger charge is 2.36. The van der Waals surface area contributed by atoms with Crippen LogP contribution < -0.4 is 15.0 Å². The lowest BCUT2D eigenvalue weighted by molar-refractivity contribution is 0.244. The molecule has 1 N–H and O–H groups in total. The Labute approximate surface area is 199 Å². The zero-order valence-electron chi connectivity index (χ0n) is 18.8. The molecule has 0 aliphatic carbocycles. The average molecular weight is 474 g/mol. The van der Waals surface area contributed by atoms with Crippen molar-refractivity contribution in [2.45, 2.75) is 13.0 Å². The minimum Gasteiger partial charge on any atom is -0.497 e. The van der Waals surface area contributed by atoms with Crippen molar-refractivity contribution in [2.75, 3.05) is 12.0 Å². The molecule has 9 heteroatoms. The normalized spacial score (nSPS) is 15.8. The van der Waals surface area contributed by atoms with Crippen molar-refractivity contribution in [1.29, 1.82) is 0 Å². The van der Waals surface area contributed by atoms with Crippen LogP contribution in [0, 0.1) is 11.6 Å². The van der Waals surface area contributed by atoms with E-state index in [0.29, 0.717) is 28.3 Å². The van der Waals surface area contributed by atoms with Gasteiger partial charge in [0.25, 0.3) is 5.89 Å². The number of allylic oxidation sites excluding steroid dienone is 1. The number of urea groups is 1. The summed E-state index contributed by atoms with van der Waals surface area (Å²) in [7, 11) is 1.56. The smallest absolute Gasteiger partial charge is 0.326 e. The van der Waals surface area contributed by atoms with Crippen molar-refractivity contribution >= 4 is 17.3 Å². The number of carbonyl (C=O) groups is 1. The monoisotopic (exact) mass is 474 g/mol. The summed E-state index contributed by atoms with van der Waals surface area (Å²) in [6.45, 7) is 1.75. The molecule has 0 saturated heterocycles. The Morgan fingerprint density at radius 3 is 2.51 bits per heavy atom. The number of nitrogens with zero attached hydrogens (tertiary/aromatic N) is 3. The van der Waals surface area contributed by atoms with Crippen LogP contribution in [0.15, 0.2) is 83.0 Å². The first-order valence-corrected chi connectivity index (χ1v) is 10.8. The number of ether oxygens (including phenoxy) is 1. The van der Waals surface area contributed by atoms with E-state index in [1.807, 2.05) is 12.1 Å². The van der Waals surface area contributed by atoms with Crippen molar-refractivity contribution in [3.05, 3.63) is 102 Å². The molecule has 7 nitrogen and oxygen atoms in total. The standard InChI is InChI=1S/C26H20F2N4O3/c1-15-22(25-30-24(31-35-25)17-6-3-7-19(28)13-17)23(16-5-4-8-21(14-16)34-2)29-26(33)32(15)20-11-9-18(27)10-12-20/h3-14,23H,1-2H3,(H,29,33). The number of halogens is 2. The largest absolute Gasteiger partial charge is 0.497 e. The van der Waals surface area contributed by atoms with E-state index in [1.54, 1.807) is 38.3 Å². The van der Waals surface area contributed by atoms with Gasteiger partial charge in [-0.1, -0.05) is 29.4 Å². The number of rotatable bonds is 5. The molecule has 0 radical (unpaired) electrons. The Balaban J connectivity index is 1.66. The highest BCUT2D eigenvalue weighted by Crippen LogP contribution is 2.39. The number of methoxy groups -OCH3 is 1. The highest BCUT2D eigenvalue weighted by atomic mass is 19.1. The number of carbonyl (C=O) groups excluding carboxylic acids is 1. The molecule has 0 saturated carbocycles. The summed E-state index contributed by atoms with van der Waals surface area (Å²) in [5.41, 5.74) is 2.70. The number of nitrogens with one attached hydrogen (secondary N) is 1. The maximum atomic E-state index is 13.8. The predicted molar refractivity (Wildman–Crippen MR) is 125 cm³/mol. The maximum Gasteiger partial charge on any atom is 0.326 e. The van der Waals surface area contributed by atoms with E-state index >= 15 is 0 Å². The van der Waals surface area contributed by atoms with E-state index in [4.69, 9.17) is 9.26 Å². The Morgan fingerprint density at radius 2 is 1.77 bits per heavy atom. The first-order valence-electron chi connectivity index (χ1n) is 10.8. The van der Waals surface area contributed by atoms with Gasteiger partial charge < -0.3 is 14.6 Å². The lowest BCUT2D eigenvalue weighted by atomic mass is 9.94. The summed E-state index contributed by atoms with van der Waals surface area (Å²) >= 11 is 0. The molecule has 0 spiro atoms. The molecule has 4 aromatic rings. The van der Waals surface area contributed by atoms with Gasteiger partial charge in [0.15, 0.2) is 0 Å².